The molecule has 4 aromatic heterocycles. The molecule has 5 heterocycles. The van der Waals surface area contributed by atoms with E-state index in [1.54, 1.807) is 22.9 Å². The second-order valence-electron chi connectivity index (χ2n) is 6.31. The van der Waals surface area contributed by atoms with Crippen molar-refractivity contribution >= 4 is 11.5 Å². The van der Waals surface area contributed by atoms with Crippen LogP contribution in [0.3, 0.4) is 0 Å². The van der Waals surface area contributed by atoms with E-state index in [2.05, 4.69) is 25.3 Å². The van der Waals surface area contributed by atoms with Gasteiger partial charge < -0.3 is 19.0 Å². The minimum atomic E-state index is -2.83. The number of methoxy groups -OCH3 is 1. The lowest BCUT2D eigenvalue weighted by atomic mass is 10.0. The number of aromatic amines is 1. The normalized spacial score (nSPS) is 16.7. The number of nitrogens with zero attached hydrogens (tertiary/aromatic N) is 6. The number of fused-ring (bicyclic) bond motifs is 2. The number of halogens is 2. The van der Waals surface area contributed by atoms with E-state index in [1.807, 2.05) is 24.4 Å². The fourth-order valence-electron chi connectivity index (χ4n) is 3.53. The van der Waals surface area contributed by atoms with E-state index < -0.39 is 18.4 Å². The van der Waals surface area contributed by atoms with Gasteiger partial charge in [0.2, 0.25) is 0 Å². The summed E-state index contributed by atoms with van der Waals surface area (Å²) >= 11 is 0. The lowest BCUT2D eigenvalue weighted by molar-refractivity contribution is 0.115. The highest BCUT2D eigenvalue weighted by Gasteiger charge is 2.36. The average molecular weight is 387 g/mol. The second-order valence-corrected chi connectivity index (χ2v) is 6.31. The van der Waals surface area contributed by atoms with Crippen molar-refractivity contribution in [2.75, 3.05) is 18.6 Å². The van der Waals surface area contributed by atoms with Crippen molar-refractivity contribution in [3.63, 3.8) is 0 Å². The fourth-order valence-corrected chi connectivity index (χ4v) is 3.53. The molecule has 0 saturated carbocycles. The molecule has 0 aromatic carbocycles. The topological polar surface area (TPSA) is 97.4 Å². The molecule has 0 bridgehead atoms. The standard InChI is InChI=1S/C17H15F2N7O2/c1-27-12-3-2-5-26-11(12)7-10(24-26)14-13-9(20-8-21-13)4-6-25(14)17-23-22-16(28-17)15(18)19/h2-3,5,7-8,14-15H,4,6H2,1H3,(H,20,21)/t14-/m1/s1. The smallest absolute Gasteiger partial charge is 0.319 e. The summed E-state index contributed by atoms with van der Waals surface area (Å²) in [6, 6.07) is 5.09. The van der Waals surface area contributed by atoms with Crippen molar-refractivity contribution in [2.24, 2.45) is 0 Å². The first kappa shape index (κ1) is 16.7. The summed E-state index contributed by atoms with van der Waals surface area (Å²) < 4.78 is 38.1. The van der Waals surface area contributed by atoms with Gasteiger partial charge in [0, 0.05) is 24.9 Å². The van der Waals surface area contributed by atoms with Gasteiger partial charge in [0.1, 0.15) is 17.3 Å². The van der Waals surface area contributed by atoms with E-state index in [4.69, 9.17) is 9.15 Å². The van der Waals surface area contributed by atoms with Gasteiger partial charge >= 0.3 is 12.4 Å². The summed E-state index contributed by atoms with van der Waals surface area (Å²) in [7, 11) is 1.59. The summed E-state index contributed by atoms with van der Waals surface area (Å²) in [5.41, 5.74) is 3.14. The van der Waals surface area contributed by atoms with Crippen molar-refractivity contribution in [1.29, 1.82) is 0 Å². The zero-order valence-corrected chi connectivity index (χ0v) is 14.7. The molecule has 1 N–H and O–H groups in total. The molecule has 0 aliphatic carbocycles. The molecule has 11 heteroatoms. The Labute approximate surface area is 157 Å². The van der Waals surface area contributed by atoms with Gasteiger partial charge in [-0.15, -0.1) is 5.10 Å². The summed E-state index contributed by atoms with van der Waals surface area (Å²) in [6.07, 6.45) is 1.22. The van der Waals surface area contributed by atoms with Crippen molar-refractivity contribution < 1.29 is 17.9 Å². The molecular weight excluding hydrogens is 372 g/mol. The third-order valence-corrected chi connectivity index (χ3v) is 4.77. The molecule has 9 nitrogen and oxygen atoms in total. The number of rotatable bonds is 4. The first-order valence-electron chi connectivity index (χ1n) is 8.58. The maximum atomic E-state index is 12.9. The molecule has 5 rings (SSSR count). The molecule has 4 aromatic rings. The van der Waals surface area contributed by atoms with Gasteiger partial charge in [-0.05, 0) is 18.2 Å². The van der Waals surface area contributed by atoms with Crippen LogP contribution in [-0.4, -0.2) is 43.4 Å². The van der Waals surface area contributed by atoms with Crippen LogP contribution in [0.25, 0.3) is 5.52 Å². The van der Waals surface area contributed by atoms with E-state index in [9.17, 15) is 8.78 Å². The predicted molar refractivity (Wildman–Crippen MR) is 92.5 cm³/mol. The van der Waals surface area contributed by atoms with Gasteiger partial charge in [-0.25, -0.2) is 9.50 Å². The van der Waals surface area contributed by atoms with E-state index in [0.717, 1.165) is 16.9 Å². The van der Waals surface area contributed by atoms with Gasteiger partial charge in [-0.3, -0.25) is 0 Å². The summed E-state index contributed by atoms with van der Waals surface area (Å²) in [6.45, 7) is 0.482. The zero-order valence-electron chi connectivity index (χ0n) is 14.7. The fraction of sp³-hybridized carbons (Fsp3) is 0.294. The number of imidazole rings is 1. The maximum absolute atomic E-state index is 12.9. The Morgan fingerprint density at radius 2 is 2.25 bits per heavy atom. The molecule has 0 amide bonds. The van der Waals surface area contributed by atoms with Crippen LogP contribution < -0.4 is 9.64 Å². The van der Waals surface area contributed by atoms with Crippen molar-refractivity contribution in [2.45, 2.75) is 18.9 Å². The van der Waals surface area contributed by atoms with Crippen LogP contribution in [0.2, 0.25) is 0 Å². The largest absolute Gasteiger partial charge is 0.494 e. The number of hydrogen-bond donors (Lipinski definition) is 1. The summed E-state index contributed by atoms with van der Waals surface area (Å²) in [5.74, 6) is -0.0399. The molecule has 1 atom stereocenters. The van der Waals surface area contributed by atoms with Gasteiger partial charge in [0.25, 0.3) is 5.89 Å². The third-order valence-electron chi connectivity index (χ3n) is 4.77. The highest BCUT2D eigenvalue weighted by atomic mass is 19.3. The Morgan fingerprint density at radius 3 is 3.04 bits per heavy atom. The minimum Gasteiger partial charge on any atom is -0.494 e. The number of alkyl halides is 2. The van der Waals surface area contributed by atoms with E-state index >= 15 is 0 Å². The van der Waals surface area contributed by atoms with Crippen molar-refractivity contribution in [1.82, 2.24) is 29.8 Å². The van der Waals surface area contributed by atoms with Gasteiger partial charge in [0.15, 0.2) is 0 Å². The van der Waals surface area contributed by atoms with Crippen molar-refractivity contribution in [3.05, 3.63) is 53.7 Å². The van der Waals surface area contributed by atoms with E-state index in [-0.39, 0.29) is 6.01 Å². The Balaban J connectivity index is 1.64. The molecule has 144 valence electrons. The SMILES string of the molecule is COc1cccn2nc([C@@H]3c4nc[nH]c4CCN3c3nnc(C(F)F)o3)cc12. The molecule has 0 spiro atoms. The van der Waals surface area contributed by atoms with Crippen LogP contribution in [0.5, 0.6) is 5.75 Å². The summed E-state index contributed by atoms with van der Waals surface area (Å²) in [4.78, 5) is 9.30. The van der Waals surface area contributed by atoms with Crippen LogP contribution in [0, 0.1) is 0 Å². The van der Waals surface area contributed by atoms with Crippen molar-refractivity contribution in [3.8, 4) is 5.75 Å². The monoisotopic (exact) mass is 387 g/mol. The third kappa shape index (κ3) is 2.50. The van der Waals surface area contributed by atoms with Gasteiger partial charge in [-0.2, -0.15) is 13.9 Å². The number of ether oxygens (including phenoxy) is 1. The molecule has 1 aliphatic rings. The quantitative estimate of drug-likeness (QED) is 0.575. The lowest BCUT2D eigenvalue weighted by Gasteiger charge is -2.32. The van der Waals surface area contributed by atoms with Crippen LogP contribution in [0.15, 0.2) is 35.1 Å². The van der Waals surface area contributed by atoms with Crippen LogP contribution in [0.4, 0.5) is 14.8 Å². The van der Waals surface area contributed by atoms with E-state index in [1.165, 1.54) is 0 Å². The van der Waals surface area contributed by atoms with Gasteiger partial charge in [-0.1, -0.05) is 5.10 Å². The Kier molecular flexibility index (Phi) is 3.74. The molecule has 0 radical (unpaired) electrons. The Bertz CT molecular complexity index is 1140. The molecule has 1 aliphatic heterocycles. The highest BCUT2D eigenvalue weighted by Crippen LogP contribution is 2.37. The summed E-state index contributed by atoms with van der Waals surface area (Å²) in [5, 5.41) is 11.9. The molecule has 0 unspecified atom stereocenters. The average Bonchev–Trinajstić information content (AvgIpc) is 3.44. The predicted octanol–water partition coefficient (Wildman–Crippen LogP) is 2.54. The highest BCUT2D eigenvalue weighted by molar-refractivity contribution is 5.61. The second kappa shape index (κ2) is 6.29. The molecular formula is C17H15F2N7O2. The number of hydrogen-bond acceptors (Lipinski definition) is 7. The Hall–Kier alpha value is -3.50. The Morgan fingerprint density at radius 1 is 1.36 bits per heavy atom. The molecule has 0 saturated heterocycles. The van der Waals surface area contributed by atoms with E-state index in [0.29, 0.717) is 24.4 Å². The molecule has 0 fully saturated rings. The van der Waals surface area contributed by atoms with Crippen LogP contribution in [0.1, 0.15) is 35.4 Å². The first-order valence-corrected chi connectivity index (χ1v) is 8.58. The molecule has 28 heavy (non-hydrogen) atoms. The number of anilines is 1. The van der Waals surface area contributed by atoms with Crippen LogP contribution >= 0.6 is 0 Å². The number of aromatic nitrogens is 6. The van der Waals surface area contributed by atoms with Crippen LogP contribution in [-0.2, 0) is 6.42 Å². The number of H-pyrrole nitrogens is 1. The minimum absolute atomic E-state index is 0.0120. The lowest BCUT2D eigenvalue weighted by Crippen LogP contribution is -2.36. The number of pyridine rings is 1. The first-order chi connectivity index (χ1) is 13.7. The zero-order chi connectivity index (χ0) is 19.3. The maximum Gasteiger partial charge on any atom is 0.319 e. The van der Waals surface area contributed by atoms with Gasteiger partial charge in [0.05, 0.1) is 24.8 Å². The number of nitrogens with one attached hydrogen (secondary N) is 1.